The van der Waals surface area contributed by atoms with Crippen LogP contribution in [0.5, 0.6) is 11.5 Å². The van der Waals surface area contributed by atoms with Crippen LogP contribution in [0.15, 0.2) is 60.7 Å². The quantitative estimate of drug-likeness (QED) is 0.344. The van der Waals surface area contributed by atoms with Gasteiger partial charge in [-0.1, -0.05) is 12.1 Å². The predicted octanol–water partition coefficient (Wildman–Crippen LogP) is 4.01. The number of carbonyl (C=O) groups excluding carboxylic acids is 4. The van der Waals surface area contributed by atoms with Gasteiger partial charge in [0.1, 0.15) is 11.5 Å². The lowest BCUT2D eigenvalue weighted by molar-refractivity contribution is 0.100. The van der Waals surface area contributed by atoms with E-state index in [1.807, 2.05) is 0 Å². The van der Waals surface area contributed by atoms with Crippen molar-refractivity contribution in [2.45, 2.75) is 13.8 Å². The van der Waals surface area contributed by atoms with Gasteiger partial charge in [-0.05, 0) is 62.4 Å². The summed E-state index contributed by atoms with van der Waals surface area (Å²) in [6, 6.07) is 14.6. The first-order valence-corrected chi connectivity index (χ1v) is 9.57. The highest BCUT2D eigenvalue weighted by Crippen LogP contribution is 2.29. The Morgan fingerprint density at radius 1 is 0.594 bits per heavy atom. The van der Waals surface area contributed by atoms with Crippen LogP contribution in [0.2, 0.25) is 0 Å². The van der Waals surface area contributed by atoms with Crippen molar-refractivity contribution in [2.75, 3.05) is 10.6 Å². The van der Waals surface area contributed by atoms with Gasteiger partial charge in [0.15, 0.2) is 11.6 Å². The fourth-order valence-electron chi connectivity index (χ4n) is 3.02. The van der Waals surface area contributed by atoms with Crippen molar-refractivity contribution in [1.29, 1.82) is 0 Å². The molecule has 0 radical (unpaired) electrons. The summed E-state index contributed by atoms with van der Waals surface area (Å²) in [5.41, 5.74) is 0.792. The molecular formula is C24H20N2O6. The summed E-state index contributed by atoms with van der Waals surface area (Å²) in [7, 11) is 0. The molecule has 0 aliphatic rings. The van der Waals surface area contributed by atoms with Gasteiger partial charge < -0.3 is 20.8 Å². The second-order valence-corrected chi connectivity index (χ2v) is 7.00. The second kappa shape index (κ2) is 9.13. The number of aromatic hydroxyl groups is 2. The molecule has 4 N–H and O–H groups in total. The van der Waals surface area contributed by atoms with Crippen molar-refractivity contribution < 1.29 is 29.4 Å². The molecule has 0 bridgehead atoms. The third-order valence-electron chi connectivity index (χ3n) is 4.74. The zero-order valence-corrected chi connectivity index (χ0v) is 17.3. The molecule has 0 spiro atoms. The minimum Gasteiger partial charge on any atom is -0.505 e. The van der Waals surface area contributed by atoms with Gasteiger partial charge in [-0.2, -0.15) is 0 Å². The Labute approximate surface area is 183 Å². The Morgan fingerprint density at radius 3 is 1.25 bits per heavy atom. The molecule has 2 amide bonds. The normalized spacial score (nSPS) is 10.3. The molecule has 3 rings (SSSR count). The number of anilines is 2. The Morgan fingerprint density at radius 2 is 0.938 bits per heavy atom. The molecule has 0 aliphatic heterocycles. The maximum absolute atomic E-state index is 12.5. The molecule has 0 heterocycles. The van der Waals surface area contributed by atoms with Gasteiger partial charge in [0.05, 0.1) is 22.5 Å². The molecule has 32 heavy (non-hydrogen) atoms. The molecular weight excluding hydrogens is 412 g/mol. The van der Waals surface area contributed by atoms with Gasteiger partial charge in [-0.3, -0.25) is 19.2 Å². The first-order valence-electron chi connectivity index (χ1n) is 9.57. The molecule has 0 atom stereocenters. The Kier molecular flexibility index (Phi) is 6.34. The highest BCUT2D eigenvalue weighted by Gasteiger charge is 2.16. The summed E-state index contributed by atoms with van der Waals surface area (Å²) >= 11 is 0. The summed E-state index contributed by atoms with van der Waals surface area (Å²) in [5.74, 6) is -2.41. The predicted molar refractivity (Wildman–Crippen MR) is 119 cm³/mol. The van der Waals surface area contributed by atoms with Crippen molar-refractivity contribution >= 4 is 34.8 Å². The highest BCUT2D eigenvalue weighted by atomic mass is 16.3. The van der Waals surface area contributed by atoms with Crippen LogP contribution in [0, 0.1) is 0 Å². The number of amides is 2. The standard InChI is InChI=1S/C24H20N2O6/c1-13(27)17-5-3-7-19(21(17)29)25-23(31)15-9-11-16(12-10-15)24(32)26-20-8-4-6-18(14(2)28)22(20)30/h3-12,29-30H,1-2H3,(H,25,31)(H,26,32). The number of Topliss-reactive ketones (excluding diaryl/α,β-unsaturated/α-hetero) is 2. The van der Waals surface area contributed by atoms with Crippen molar-refractivity contribution in [1.82, 2.24) is 0 Å². The van der Waals surface area contributed by atoms with Gasteiger partial charge in [-0.25, -0.2) is 0 Å². The first kappa shape index (κ1) is 22.2. The highest BCUT2D eigenvalue weighted by molar-refractivity contribution is 6.09. The molecule has 0 aromatic heterocycles. The zero-order valence-electron chi connectivity index (χ0n) is 17.3. The topological polar surface area (TPSA) is 133 Å². The molecule has 0 saturated carbocycles. The Hall–Kier alpha value is -4.46. The van der Waals surface area contributed by atoms with E-state index in [-0.39, 0.29) is 56.7 Å². The van der Waals surface area contributed by atoms with E-state index in [4.69, 9.17) is 0 Å². The summed E-state index contributed by atoms with van der Waals surface area (Å²) in [5, 5.41) is 25.4. The van der Waals surface area contributed by atoms with Crippen LogP contribution in [0.25, 0.3) is 0 Å². The molecule has 8 nitrogen and oxygen atoms in total. The number of carbonyl (C=O) groups is 4. The van der Waals surface area contributed by atoms with Crippen molar-refractivity contribution in [3.05, 3.63) is 82.9 Å². The summed E-state index contributed by atoms with van der Waals surface area (Å²) < 4.78 is 0. The van der Waals surface area contributed by atoms with Crippen LogP contribution in [0.4, 0.5) is 11.4 Å². The van der Waals surface area contributed by atoms with Crippen LogP contribution >= 0.6 is 0 Å². The van der Waals surface area contributed by atoms with Gasteiger partial charge in [0, 0.05) is 11.1 Å². The molecule has 0 fully saturated rings. The summed E-state index contributed by atoms with van der Waals surface area (Å²) in [4.78, 5) is 48.1. The SMILES string of the molecule is CC(=O)c1cccc(NC(=O)c2ccc(C(=O)Nc3cccc(C(C)=O)c3O)cc2)c1O. The van der Waals surface area contributed by atoms with Crippen LogP contribution in [0.3, 0.4) is 0 Å². The number of nitrogens with one attached hydrogen (secondary N) is 2. The number of rotatable bonds is 6. The average molecular weight is 432 g/mol. The fourth-order valence-corrected chi connectivity index (χ4v) is 3.02. The van der Waals surface area contributed by atoms with Crippen LogP contribution < -0.4 is 10.6 Å². The van der Waals surface area contributed by atoms with Crippen molar-refractivity contribution in [3.63, 3.8) is 0 Å². The van der Waals surface area contributed by atoms with Gasteiger partial charge in [0.2, 0.25) is 0 Å². The molecule has 0 saturated heterocycles. The molecule has 0 aliphatic carbocycles. The van der Waals surface area contributed by atoms with E-state index in [1.165, 1.54) is 74.5 Å². The van der Waals surface area contributed by atoms with Crippen LogP contribution in [-0.4, -0.2) is 33.6 Å². The number of phenolic OH excluding ortho intramolecular Hbond substituents is 2. The number of para-hydroxylation sites is 2. The molecule has 8 heteroatoms. The maximum atomic E-state index is 12.5. The first-order chi connectivity index (χ1) is 15.2. The van der Waals surface area contributed by atoms with E-state index < -0.39 is 11.8 Å². The van der Waals surface area contributed by atoms with Crippen molar-refractivity contribution in [2.24, 2.45) is 0 Å². The number of phenols is 2. The average Bonchev–Trinajstić information content (AvgIpc) is 2.76. The summed E-state index contributed by atoms with van der Waals surface area (Å²) in [6.45, 7) is 2.61. The van der Waals surface area contributed by atoms with E-state index in [9.17, 15) is 29.4 Å². The zero-order chi connectivity index (χ0) is 23.4. The Bertz CT molecular complexity index is 1140. The molecule has 162 valence electrons. The lowest BCUT2D eigenvalue weighted by atomic mass is 10.1. The number of hydrogen-bond donors (Lipinski definition) is 4. The van der Waals surface area contributed by atoms with E-state index in [2.05, 4.69) is 10.6 Å². The van der Waals surface area contributed by atoms with Crippen LogP contribution in [0.1, 0.15) is 55.3 Å². The van der Waals surface area contributed by atoms with Gasteiger partial charge in [0.25, 0.3) is 11.8 Å². The maximum Gasteiger partial charge on any atom is 0.255 e. The molecule has 0 unspecified atom stereocenters. The number of hydrogen-bond acceptors (Lipinski definition) is 6. The fraction of sp³-hybridized carbons (Fsp3) is 0.0833. The van der Waals surface area contributed by atoms with E-state index in [1.54, 1.807) is 0 Å². The van der Waals surface area contributed by atoms with E-state index >= 15 is 0 Å². The number of benzene rings is 3. The van der Waals surface area contributed by atoms with Crippen molar-refractivity contribution in [3.8, 4) is 11.5 Å². The van der Waals surface area contributed by atoms with Gasteiger partial charge in [-0.15, -0.1) is 0 Å². The minimum absolute atomic E-state index is 0.0883. The molecule has 3 aromatic carbocycles. The smallest absolute Gasteiger partial charge is 0.255 e. The molecule has 3 aromatic rings. The third-order valence-corrected chi connectivity index (χ3v) is 4.74. The minimum atomic E-state index is -0.542. The number of ketones is 2. The lowest BCUT2D eigenvalue weighted by Gasteiger charge is -2.11. The Balaban J connectivity index is 1.74. The summed E-state index contributed by atoms with van der Waals surface area (Å²) in [6.07, 6.45) is 0. The van der Waals surface area contributed by atoms with E-state index in [0.29, 0.717) is 0 Å². The lowest BCUT2D eigenvalue weighted by Crippen LogP contribution is -2.15. The van der Waals surface area contributed by atoms with Gasteiger partial charge >= 0.3 is 0 Å². The third kappa shape index (κ3) is 4.65. The van der Waals surface area contributed by atoms with Crippen LogP contribution in [-0.2, 0) is 0 Å². The van der Waals surface area contributed by atoms with E-state index in [0.717, 1.165) is 0 Å². The largest absolute Gasteiger partial charge is 0.505 e. The second-order valence-electron chi connectivity index (χ2n) is 7.00. The monoisotopic (exact) mass is 432 g/mol.